The molecule has 112 valence electrons. The van der Waals surface area contributed by atoms with Crippen LogP contribution in [0.5, 0.6) is 5.75 Å². The number of amides is 1. The Balaban J connectivity index is 1.50. The Kier molecular flexibility index (Phi) is 4.10. The van der Waals surface area contributed by atoms with Crippen molar-refractivity contribution in [1.29, 1.82) is 0 Å². The Morgan fingerprint density at radius 2 is 1.86 bits per heavy atom. The number of likely N-dealkylation sites (tertiary alicyclic amines) is 1. The van der Waals surface area contributed by atoms with Gasteiger partial charge in [-0.2, -0.15) is 0 Å². The number of carbonyl (C=O) groups excluding carboxylic acids is 1. The van der Waals surface area contributed by atoms with E-state index >= 15 is 0 Å². The van der Waals surface area contributed by atoms with Crippen molar-refractivity contribution >= 4 is 23.1 Å². The second-order valence-electron chi connectivity index (χ2n) is 5.93. The highest BCUT2D eigenvalue weighted by molar-refractivity contribution is 7.80. The van der Waals surface area contributed by atoms with E-state index in [4.69, 9.17) is 22.7 Å². The fourth-order valence-electron chi connectivity index (χ4n) is 3.39. The number of hydrogen-bond donors (Lipinski definition) is 1. The van der Waals surface area contributed by atoms with E-state index in [0.717, 1.165) is 30.5 Å². The van der Waals surface area contributed by atoms with Gasteiger partial charge in [-0.3, -0.25) is 4.79 Å². The first-order chi connectivity index (χ1) is 10.1. The van der Waals surface area contributed by atoms with Gasteiger partial charge >= 0.3 is 0 Å². The topological polar surface area (TPSA) is 55.6 Å². The highest BCUT2D eigenvalue weighted by atomic mass is 32.1. The highest BCUT2D eigenvalue weighted by Gasteiger charge is 2.37. The van der Waals surface area contributed by atoms with Gasteiger partial charge in [-0.1, -0.05) is 18.6 Å². The molecule has 21 heavy (non-hydrogen) atoms. The average Bonchev–Trinajstić information content (AvgIpc) is 3.06. The maximum Gasteiger partial charge on any atom is 0.260 e. The van der Waals surface area contributed by atoms with Crippen molar-refractivity contribution in [3.63, 3.8) is 0 Å². The summed E-state index contributed by atoms with van der Waals surface area (Å²) < 4.78 is 5.56. The van der Waals surface area contributed by atoms with Crippen LogP contribution in [0.2, 0.25) is 0 Å². The Labute approximate surface area is 130 Å². The lowest BCUT2D eigenvalue weighted by molar-refractivity contribution is -0.132. The van der Waals surface area contributed by atoms with Crippen molar-refractivity contribution < 1.29 is 9.53 Å². The number of ether oxygens (including phenoxy) is 1. The number of nitrogens with two attached hydrogens (primary N) is 1. The predicted molar refractivity (Wildman–Crippen MR) is 85.2 cm³/mol. The summed E-state index contributed by atoms with van der Waals surface area (Å²) in [5.41, 5.74) is 6.35. The fraction of sp³-hybridized carbons (Fsp3) is 0.500. The SMILES string of the molecule is NC(=S)c1ccc(OCC(=O)N2CC3CCCC3C2)cc1. The molecule has 1 aliphatic carbocycles. The molecule has 1 aliphatic heterocycles. The lowest BCUT2D eigenvalue weighted by atomic mass is 10.0. The molecule has 5 heteroatoms. The molecule has 2 fully saturated rings. The Morgan fingerprint density at radius 1 is 1.24 bits per heavy atom. The van der Waals surface area contributed by atoms with E-state index in [1.165, 1.54) is 19.3 Å². The van der Waals surface area contributed by atoms with Crippen molar-refractivity contribution in [3.8, 4) is 5.75 Å². The van der Waals surface area contributed by atoms with Crippen LogP contribution in [-0.2, 0) is 4.79 Å². The average molecular weight is 304 g/mol. The lowest BCUT2D eigenvalue weighted by Crippen LogP contribution is -2.33. The molecule has 0 radical (unpaired) electrons. The van der Waals surface area contributed by atoms with Crippen molar-refractivity contribution in [1.82, 2.24) is 4.90 Å². The maximum atomic E-state index is 12.2. The minimum atomic E-state index is 0.0859. The predicted octanol–water partition coefficient (Wildman–Crippen LogP) is 1.96. The number of hydrogen-bond acceptors (Lipinski definition) is 3. The number of nitrogens with zero attached hydrogens (tertiary/aromatic N) is 1. The standard InChI is InChI=1S/C16H20N2O2S/c17-16(21)11-4-6-14(7-5-11)20-10-15(19)18-8-12-2-1-3-13(12)9-18/h4-7,12-13H,1-3,8-10H2,(H2,17,21). The van der Waals surface area contributed by atoms with Crippen LogP contribution in [0.3, 0.4) is 0 Å². The van der Waals surface area contributed by atoms with Crippen LogP contribution >= 0.6 is 12.2 Å². The summed E-state index contributed by atoms with van der Waals surface area (Å²) >= 11 is 4.90. The zero-order chi connectivity index (χ0) is 14.8. The smallest absolute Gasteiger partial charge is 0.260 e. The van der Waals surface area contributed by atoms with Crippen LogP contribution in [0.4, 0.5) is 0 Å². The zero-order valence-corrected chi connectivity index (χ0v) is 12.8. The second kappa shape index (κ2) is 6.02. The van der Waals surface area contributed by atoms with E-state index in [-0.39, 0.29) is 12.5 Å². The van der Waals surface area contributed by atoms with Gasteiger partial charge in [0.1, 0.15) is 10.7 Å². The third-order valence-electron chi connectivity index (χ3n) is 4.58. The van der Waals surface area contributed by atoms with E-state index in [0.29, 0.717) is 10.7 Å². The largest absolute Gasteiger partial charge is 0.484 e. The van der Waals surface area contributed by atoms with E-state index in [9.17, 15) is 4.79 Å². The first-order valence-corrected chi connectivity index (χ1v) is 7.85. The van der Waals surface area contributed by atoms with E-state index in [1.807, 2.05) is 17.0 Å². The maximum absolute atomic E-state index is 12.2. The molecule has 0 aromatic heterocycles. The minimum absolute atomic E-state index is 0.0859. The lowest BCUT2D eigenvalue weighted by Gasteiger charge is -2.17. The quantitative estimate of drug-likeness (QED) is 0.864. The highest BCUT2D eigenvalue weighted by Crippen LogP contribution is 2.37. The van der Waals surface area contributed by atoms with Crippen molar-refractivity contribution in [2.75, 3.05) is 19.7 Å². The van der Waals surface area contributed by atoms with Crippen molar-refractivity contribution in [2.24, 2.45) is 17.6 Å². The molecule has 1 heterocycles. The van der Waals surface area contributed by atoms with Crippen LogP contribution in [0, 0.1) is 11.8 Å². The van der Waals surface area contributed by atoms with Gasteiger partial charge in [-0.25, -0.2) is 0 Å². The molecule has 2 N–H and O–H groups in total. The number of rotatable bonds is 4. The minimum Gasteiger partial charge on any atom is -0.484 e. The van der Waals surface area contributed by atoms with Crippen LogP contribution < -0.4 is 10.5 Å². The van der Waals surface area contributed by atoms with Gasteiger partial charge in [0.2, 0.25) is 0 Å². The Bertz CT molecular complexity index is 532. The first-order valence-electron chi connectivity index (χ1n) is 7.44. The molecule has 2 unspecified atom stereocenters. The normalized spacial score (nSPS) is 23.9. The monoisotopic (exact) mass is 304 g/mol. The van der Waals surface area contributed by atoms with Crippen LogP contribution in [0.25, 0.3) is 0 Å². The Hall–Kier alpha value is -1.62. The molecule has 1 aromatic rings. The van der Waals surface area contributed by atoms with Crippen LogP contribution in [0.1, 0.15) is 24.8 Å². The molecule has 1 saturated heterocycles. The molecule has 1 saturated carbocycles. The molecule has 1 aromatic carbocycles. The van der Waals surface area contributed by atoms with E-state index in [2.05, 4.69) is 0 Å². The molecule has 1 amide bonds. The van der Waals surface area contributed by atoms with Gasteiger partial charge in [0.05, 0.1) is 0 Å². The molecule has 0 spiro atoms. The number of benzene rings is 1. The summed E-state index contributed by atoms with van der Waals surface area (Å²) in [6, 6.07) is 7.20. The molecule has 2 atom stereocenters. The number of carbonyl (C=O) groups is 1. The van der Waals surface area contributed by atoms with Gasteiger partial charge in [0.15, 0.2) is 6.61 Å². The third-order valence-corrected chi connectivity index (χ3v) is 4.82. The van der Waals surface area contributed by atoms with Crippen LogP contribution in [0.15, 0.2) is 24.3 Å². The van der Waals surface area contributed by atoms with Gasteiger partial charge in [-0.05, 0) is 48.9 Å². The fourth-order valence-corrected chi connectivity index (χ4v) is 3.53. The molecule has 2 aliphatic rings. The molecule has 4 nitrogen and oxygen atoms in total. The summed E-state index contributed by atoms with van der Waals surface area (Å²) in [5.74, 6) is 2.20. The summed E-state index contributed by atoms with van der Waals surface area (Å²) in [4.78, 5) is 14.5. The van der Waals surface area contributed by atoms with E-state index in [1.54, 1.807) is 12.1 Å². The molecular formula is C16H20N2O2S. The first kappa shape index (κ1) is 14.3. The van der Waals surface area contributed by atoms with Crippen LogP contribution in [-0.4, -0.2) is 35.5 Å². The summed E-state index contributed by atoms with van der Waals surface area (Å²) in [7, 11) is 0. The second-order valence-corrected chi connectivity index (χ2v) is 6.37. The number of fused-ring (bicyclic) bond motifs is 1. The van der Waals surface area contributed by atoms with Crippen molar-refractivity contribution in [3.05, 3.63) is 29.8 Å². The molecule has 3 rings (SSSR count). The van der Waals surface area contributed by atoms with E-state index < -0.39 is 0 Å². The van der Waals surface area contributed by atoms with Crippen molar-refractivity contribution in [2.45, 2.75) is 19.3 Å². The summed E-state index contributed by atoms with van der Waals surface area (Å²) in [6.45, 7) is 1.92. The van der Waals surface area contributed by atoms with Gasteiger partial charge < -0.3 is 15.4 Å². The summed E-state index contributed by atoms with van der Waals surface area (Å²) in [6.07, 6.45) is 3.87. The Morgan fingerprint density at radius 3 is 2.43 bits per heavy atom. The molecular weight excluding hydrogens is 284 g/mol. The zero-order valence-electron chi connectivity index (χ0n) is 12.0. The molecule has 0 bridgehead atoms. The number of thiocarbonyl (C=S) groups is 1. The summed E-state index contributed by atoms with van der Waals surface area (Å²) in [5, 5.41) is 0. The van der Waals surface area contributed by atoms with Gasteiger partial charge in [-0.15, -0.1) is 0 Å². The van der Waals surface area contributed by atoms with Gasteiger partial charge in [0.25, 0.3) is 5.91 Å². The third kappa shape index (κ3) is 3.18. The van der Waals surface area contributed by atoms with Gasteiger partial charge in [0, 0.05) is 18.7 Å².